The van der Waals surface area contributed by atoms with Crippen LogP contribution in [0.25, 0.3) is 0 Å². The molecule has 100 valence electrons. The minimum atomic E-state index is -3.87. The second-order valence-corrected chi connectivity index (χ2v) is 5.66. The van der Waals surface area contributed by atoms with Gasteiger partial charge in [-0.25, -0.2) is 12.8 Å². The van der Waals surface area contributed by atoms with E-state index in [9.17, 15) is 12.8 Å². The molecule has 0 fully saturated rings. The van der Waals surface area contributed by atoms with Crippen LogP contribution in [0.3, 0.4) is 0 Å². The SMILES string of the molecule is Cc1ccc(S(=O)(=O)Nc2ccncc2F)cc1N. The Morgan fingerprint density at radius 3 is 2.68 bits per heavy atom. The second-order valence-electron chi connectivity index (χ2n) is 3.98. The van der Waals surface area contributed by atoms with Crippen molar-refractivity contribution in [2.45, 2.75) is 11.8 Å². The molecule has 0 saturated heterocycles. The Labute approximate surface area is 110 Å². The summed E-state index contributed by atoms with van der Waals surface area (Å²) in [6.07, 6.45) is 2.23. The smallest absolute Gasteiger partial charge is 0.262 e. The first-order valence-corrected chi connectivity index (χ1v) is 6.87. The molecule has 0 saturated carbocycles. The highest BCUT2D eigenvalue weighted by molar-refractivity contribution is 7.92. The van der Waals surface area contributed by atoms with Crippen molar-refractivity contribution in [3.8, 4) is 0 Å². The Bertz CT molecular complexity index is 717. The number of nitrogen functional groups attached to an aromatic ring is 1. The number of aromatic nitrogens is 1. The van der Waals surface area contributed by atoms with E-state index in [2.05, 4.69) is 9.71 Å². The molecular formula is C12H12FN3O2S. The Balaban J connectivity index is 2.38. The number of sulfonamides is 1. The maximum absolute atomic E-state index is 13.4. The van der Waals surface area contributed by atoms with Crippen LogP contribution in [0.2, 0.25) is 0 Å². The van der Waals surface area contributed by atoms with E-state index in [0.717, 1.165) is 11.8 Å². The number of hydrogen-bond acceptors (Lipinski definition) is 4. The van der Waals surface area contributed by atoms with Crippen molar-refractivity contribution < 1.29 is 12.8 Å². The first kappa shape index (κ1) is 13.3. The first-order chi connectivity index (χ1) is 8.90. The number of benzene rings is 1. The summed E-state index contributed by atoms with van der Waals surface area (Å²) in [7, 11) is -3.87. The number of aryl methyl sites for hydroxylation is 1. The van der Waals surface area contributed by atoms with Gasteiger partial charge in [0.05, 0.1) is 16.8 Å². The van der Waals surface area contributed by atoms with E-state index >= 15 is 0 Å². The van der Waals surface area contributed by atoms with Crippen molar-refractivity contribution in [3.05, 3.63) is 48.0 Å². The van der Waals surface area contributed by atoms with Crippen LogP contribution in [0.5, 0.6) is 0 Å². The molecule has 7 heteroatoms. The van der Waals surface area contributed by atoms with Crippen molar-refractivity contribution in [2.75, 3.05) is 10.5 Å². The van der Waals surface area contributed by atoms with Crippen LogP contribution in [0.1, 0.15) is 5.56 Å². The minimum absolute atomic E-state index is 0.0215. The maximum atomic E-state index is 13.4. The first-order valence-electron chi connectivity index (χ1n) is 5.38. The van der Waals surface area contributed by atoms with Crippen molar-refractivity contribution in [2.24, 2.45) is 0 Å². The molecule has 0 aliphatic carbocycles. The van der Waals surface area contributed by atoms with Crippen molar-refractivity contribution in [1.29, 1.82) is 0 Å². The van der Waals surface area contributed by atoms with Gasteiger partial charge < -0.3 is 5.73 Å². The lowest BCUT2D eigenvalue weighted by Gasteiger charge is -2.09. The van der Waals surface area contributed by atoms with Gasteiger partial charge in [-0.05, 0) is 30.7 Å². The fourth-order valence-electron chi connectivity index (χ4n) is 1.45. The van der Waals surface area contributed by atoms with Crippen molar-refractivity contribution in [3.63, 3.8) is 0 Å². The van der Waals surface area contributed by atoms with Crippen LogP contribution in [-0.4, -0.2) is 13.4 Å². The fraction of sp³-hybridized carbons (Fsp3) is 0.0833. The number of nitrogens with two attached hydrogens (primary N) is 1. The molecule has 0 amide bonds. The summed E-state index contributed by atoms with van der Waals surface area (Å²) in [6.45, 7) is 1.77. The van der Waals surface area contributed by atoms with Gasteiger partial charge in [0.25, 0.3) is 10.0 Å². The molecule has 0 aliphatic rings. The van der Waals surface area contributed by atoms with Gasteiger partial charge in [-0.3, -0.25) is 9.71 Å². The van der Waals surface area contributed by atoms with Crippen LogP contribution in [0.4, 0.5) is 15.8 Å². The lowest BCUT2D eigenvalue weighted by atomic mass is 10.2. The van der Waals surface area contributed by atoms with Crippen LogP contribution in [0, 0.1) is 12.7 Å². The van der Waals surface area contributed by atoms with Crippen LogP contribution < -0.4 is 10.5 Å². The predicted molar refractivity (Wildman–Crippen MR) is 70.6 cm³/mol. The Morgan fingerprint density at radius 1 is 1.32 bits per heavy atom. The molecule has 0 radical (unpaired) electrons. The van der Waals surface area contributed by atoms with E-state index < -0.39 is 15.8 Å². The summed E-state index contributed by atoms with van der Waals surface area (Å²) in [4.78, 5) is 3.52. The molecule has 1 aromatic carbocycles. The molecule has 5 nitrogen and oxygen atoms in total. The van der Waals surface area contributed by atoms with Gasteiger partial charge in [0.15, 0.2) is 5.82 Å². The quantitative estimate of drug-likeness (QED) is 0.842. The molecule has 3 N–H and O–H groups in total. The molecule has 2 rings (SSSR count). The minimum Gasteiger partial charge on any atom is -0.398 e. The van der Waals surface area contributed by atoms with E-state index in [1.165, 1.54) is 24.4 Å². The standard InChI is InChI=1S/C12H12FN3O2S/c1-8-2-3-9(6-11(8)14)19(17,18)16-12-4-5-15-7-10(12)13/h2-7H,14H2,1H3,(H,15,16). The summed E-state index contributed by atoms with van der Waals surface area (Å²) in [5.74, 6) is -0.744. The average molecular weight is 281 g/mol. The largest absolute Gasteiger partial charge is 0.398 e. The Hall–Kier alpha value is -2.15. The number of nitrogens with one attached hydrogen (secondary N) is 1. The van der Waals surface area contributed by atoms with Crippen LogP contribution >= 0.6 is 0 Å². The highest BCUT2D eigenvalue weighted by atomic mass is 32.2. The zero-order valence-electron chi connectivity index (χ0n) is 10.1. The van der Waals surface area contributed by atoms with E-state index in [-0.39, 0.29) is 10.6 Å². The fourth-order valence-corrected chi connectivity index (χ4v) is 2.55. The van der Waals surface area contributed by atoms with E-state index in [1.54, 1.807) is 13.0 Å². The summed E-state index contributed by atoms with van der Waals surface area (Å²) < 4.78 is 39.6. The molecule has 0 spiro atoms. The number of pyridine rings is 1. The van der Waals surface area contributed by atoms with Gasteiger partial charge in [0.2, 0.25) is 0 Å². The highest BCUT2D eigenvalue weighted by Gasteiger charge is 2.16. The van der Waals surface area contributed by atoms with Crippen LogP contribution in [0.15, 0.2) is 41.6 Å². The highest BCUT2D eigenvalue weighted by Crippen LogP contribution is 2.21. The third-order valence-corrected chi connectivity index (χ3v) is 3.94. The molecule has 1 aromatic heterocycles. The summed E-state index contributed by atoms with van der Waals surface area (Å²) >= 11 is 0. The summed E-state index contributed by atoms with van der Waals surface area (Å²) in [5, 5.41) is 0. The molecule has 2 aromatic rings. The predicted octanol–water partition coefficient (Wildman–Crippen LogP) is 1.91. The van der Waals surface area contributed by atoms with Gasteiger partial charge in [-0.1, -0.05) is 6.07 Å². The maximum Gasteiger partial charge on any atom is 0.262 e. The molecule has 0 unspecified atom stereocenters. The van der Waals surface area contributed by atoms with Gasteiger partial charge in [0, 0.05) is 11.9 Å². The summed E-state index contributed by atoms with van der Waals surface area (Å²) in [5.41, 5.74) is 6.64. The normalized spacial score (nSPS) is 11.3. The monoisotopic (exact) mass is 281 g/mol. The number of rotatable bonds is 3. The number of nitrogens with zero attached hydrogens (tertiary/aromatic N) is 1. The Kier molecular flexibility index (Phi) is 3.39. The molecule has 19 heavy (non-hydrogen) atoms. The molecule has 0 bridgehead atoms. The molecule has 1 heterocycles. The van der Waals surface area contributed by atoms with Crippen molar-refractivity contribution in [1.82, 2.24) is 4.98 Å². The second kappa shape index (κ2) is 4.85. The molecular weight excluding hydrogens is 269 g/mol. The number of anilines is 2. The third kappa shape index (κ3) is 2.82. The van der Waals surface area contributed by atoms with E-state index in [4.69, 9.17) is 5.73 Å². The zero-order chi connectivity index (χ0) is 14.0. The van der Waals surface area contributed by atoms with Gasteiger partial charge in [-0.2, -0.15) is 0 Å². The van der Waals surface area contributed by atoms with E-state index in [1.807, 2.05) is 0 Å². The Morgan fingerprint density at radius 2 is 2.05 bits per heavy atom. The lowest BCUT2D eigenvalue weighted by molar-refractivity contribution is 0.598. The van der Waals surface area contributed by atoms with Gasteiger partial charge in [-0.15, -0.1) is 0 Å². The summed E-state index contributed by atoms with van der Waals surface area (Å²) in [6, 6.07) is 5.57. The number of halogens is 1. The molecule has 0 aliphatic heterocycles. The van der Waals surface area contributed by atoms with Gasteiger partial charge in [0.1, 0.15) is 0 Å². The van der Waals surface area contributed by atoms with Crippen LogP contribution in [-0.2, 0) is 10.0 Å². The number of hydrogen-bond donors (Lipinski definition) is 2. The van der Waals surface area contributed by atoms with E-state index in [0.29, 0.717) is 5.69 Å². The topological polar surface area (TPSA) is 85.1 Å². The average Bonchev–Trinajstić information content (AvgIpc) is 2.35. The van der Waals surface area contributed by atoms with Crippen molar-refractivity contribution >= 4 is 21.4 Å². The van der Waals surface area contributed by atoms with Gasteiger partial charge >= 0.3 is 0 Å². The lowest BCUT2D eigenvalue weighted by Crippen LogP contribution is -2.14. The third-order valence-electron chi connectivity index (χ3n) is 2.58. The zero-order valence-corrected chi connectivity index (χ0v) is 10.9. The molecule has 0 atom stereocenters.